The van der Waals surface area contributed by atoms with Gasteiger partial charge in [-0.15, -0.1) is 5.10 Å². The quantitative estimate of drug-likeness (QED) is 0.270. The van der Waals surface area contributed by atoms with E-state index in [4.69, 9.17) is 10.9 Å². The van der Waals surface area contributed by atoms with Crippen molar-refractivity contribution in [3.8, 4) is 22.5 Å². The van der Waals surface area contributed by atoms with Crippen LogP contribution in [0.15, 0.2) is 46.2 Å². The van der Waals surface area contributed by atoms with Crippen molar-refractivity contribution in [3.63, 3.8) is 0 Å². The SMILES string of the molecule is NC(=O)c1ccc(-c2ccc(S(=O)(=O)NC3CCNC3)c(S(N)(=O)=O)c2-c2nnn[nH]2)cc1. The van der Waals surface area contributed by atoms with E-state index in [2.05, 4.69) is 30.7 Å². The summed E-state index contributed by atoms with van der Waals surface area (Å²) in [7, 11) is -8.86. The lowest BCUT2D eigenvalue weighted by atomic mass is 9.98. The van der Waals surface area contributed by atoms with Gasteiger partial charge in [0.05, 0.1) is 0 Å². The van der Waals surface area contributed by atoms with Crippen LogP contribution in [0.4, 0.5) is 0 Å². The first kappa shape index (κ1) is 22.9. The lowest BCUT2D eigenvalue weighted by Gasteiger charge is -2.18. The molecule has 1 aliphatic heterocycles. The minimum absolute atomic E-state index is 0.104. The van der Waals surface area contributed by atoms with Crippen LogP contribution in [0.3, 0.4) is 0 Å². The van der Waals surface area contributed by atoms with Gasteiger partial charge >= 0.3 is 0 Å². The third-order valence-electron chi connectivity index (χ3n) is 5.14. The highest BCUT2D eigenvalue weighted by atomic mass is 32.2. The van der Waals surface area contributed by atoms with E-state index in [1.807, 2.05) is 0 Å². The summed E-state index contributed by atoms with van der Waals surface area (Å²) in [6, 6.07) is 8.16. The van der Waals surface area contributed by atoms with Crippen molar-refractivity contribution < 1.29 is 21.6 Å². The number of hydrogen-bond donors (Lipinski definition) is 5. The van der Waals surface area contributed by atoms with Gasteiger partial charge in [0.25, 0.3) is 0 Å². The second kappa shape index (κ2) is 8.60. The molecule has 0 saturated carbocycles. The van der Waals surface area contributed by atoms with Crippen molar-refractivity contribution in [2.45, 2.75) is 22.3 Å². The molecule has 1 aromatic heterocycles. The molecule has 0 bridgehead atoms. The Morgan fingerprint density at radius 1 is 1.09 bits per heavy atom. The van der Waals surface area contributed by atoms with Crippen molar-refractivity contribution >= 4 is 26.0 Å². The van der Waals surface area contributed by atoms with Crippen LogP contribution in [0.25, 0.3) is 22.5 Å². The highest BCUT2D eigenvalue weighted by Gasteiger charge is 2.33. The third kappa shape index (κ3) is 4.62. The van der Waals surface area contributed by atoms with Gasteiger partial charge in [0.15, 0.2) is 5.82 Å². The van der Waals surface area contributed by atoms with E-state index in [0.29, 0.717) is 25.1 Å². The van der Waals surface area contributed by atoms with Crippen molar-refractivity contribution in [1.82, 2.24) is 30.7 Å². The Hall–Kier alpha value is -3.24. The summed E-state index contributed by atoms with van der Waals surface area (Å²) >= 11 is 0. The van der Waals surface area contributed by atoms with Gasteiger partial charge in [-0.25, -0.2) is 31.8 Å². The Morgan fingerprint density at radius 3 is 2.36 bits per heavy atom. The Morgan fingerprint density at radius 2 is 1.82 bits per heavy atom. The zero-order valence-electron chi connectivity index (χ0n) is 17.0. The fourth-order valence-corrected chi connectivity index (χ4v) is 6.53. The summed E-state index contributed by atoms with van der Waals surface area (Å²) in [5.74, 6) is -0.743. The maximum Gasteiger partial charge on any atom is 0.248 e. The van der Waals surface area contributed by atoms with Gasteiger partial charge in [-0.05, 0) is 52.7 Å². The summed E-state index contributed by atoms with van der Waals surface area (Å²) in [5.41, 5.74) is 6.12. The van der Waals surface area contributed by atoms with Crippen molar-refractivity contribution in [1.29, 1.82) is 0 Å². The summed E-state index contributed by atoms with van der Waals surface area (Å²) in [5, 5.41) is 21.7. The number of primary sulfonamides is 1. The molecule has 2 heterocycles. The topological polar surface area (TPSA) is 216 Å². The monoisotopic (exact) mass is 492 g/mol. The first-order valence-electron chi connectivity index (χ1n) is 9.65. The molecule has 1 amide bonds. The molecule has 2 aromatic carbocycles. The number of sulfonamides is 2. The number of aromatic amines is 1. The van der Waals surface area contributed by atoms with Crippen LogP contribution >= 0.6 is 0 Å². The molecule has 1 fully saturated rings. The van der Waals surface area contributed by atoms with E-state index in [-0.39, 0.29) is 22.5 Å². The van der Waals surface area contributed by atoms with E-state index >= 15 is 0 Å². The Balaban J connectivity index is 1.97. The van der Waals surface area contributed by atoms with Crippen LogP contribution in [0.5, 0.6) is 0 Å². The lowest BCUT2D eigenvalue weighted by Crippen LogP contribution is -2.37. The van der Waals surface area contributed by atoms with Crippen LogP contribution in [-0.2, 0) is 20.0 Å². The summed E-state index contributed by atoms with van der Waals surface area (Å²) in [6.07, 6.45) is 0.549. The fourth-order valence-electron chi connectivity index (χ4n) is 3.65. The smallest absolute Gasteiger partial charge is 0.248 e. The van der Waals surface area contributed by atoms with Crippen LogP contribution in [-0.4, -0.2) is 62.5 Å². The first-order chi connectivity index (χ1) is 15.6. The fraction of sp³-hybridized carbons (Fsp3) is 0.222. The second-order valence-electron chi connectivity index (χ2n) is 7.36. The number of carbonyl (C=O) groups excluding carboxylic acids is 1. The maximum absolute atomic E-state index is 13.2. The normalized spacial score (nSPS) is 16.7. The molecule has 1 atom stereocenters. The van der Waals surface area contributed by atoms with Crippen molar-refractivity contribution in [3.05, 3.63) is 42.0 Å². The lowest BCUT2D eigenvalue weighted by molar-refractivity contribution is 0.1000. The first-order valence-corrected chi connectivity index (χ1v) is 12.7. The predicted molar refractivity (Wildman–Crippen MR) is 117 cm³/mol. The highest BCUT2D eigenvalue weighted by molar-refractivity contribution is 7.92. The summed E-state index contributed by atoms with van der Waals surface area (Å²) in [6.45, 7) is 1.04. The number of benzene rings is 2. The zero-order chi connectivity index (χ0) is 23.8. The molecule has 13 nitrogen and oxygen atoms in total. The molecule has 1 unspecified atom stereocenters. The number of primary amides is 1. The number of carbonyl (C=O) groups is 1. The molecule has 0 spiro atoms. The van der Waals surface area contributed by atoms with Gasteiger partial charge < -0.3 is 11.1 Å². The van der Waals surface area contributed by atoms with Crippen molar-refractivity contribution in [2.24, 2.45) is 10.9 Å². The van der Waals surface area contributed by atoms with Gasteiger partial charge in [0, 0.05) is 23.7 Å². The van der Waals surface area contributed by atoms with E-state index in [9.17, 15) is 21.6 Å². The average molecular weight is 493 g/mol. The summed E-state index contributed by atoms with van der Waals surface area (Å²) in [4.78, 5) is 10.2. The standard InChI is InChI=1S/C18H20N8O5S2/c19-17(27)11-3-1-10(2-4-11)13-5-6-14(33(30,31)24-12-7-8-21-9-12)16(32(20,28)29)15(13)18-22-25-26-23-18/h1-6,12,21,24H,7-9H2,(H2,19,27)(H2,20,28,29)(H,22,23,25,26). The number of nitrogens with one attached hydrogen (secondary N) is 3. The van der Waals surface area contributed by atoms with Gasteiger partial charge in [0.2, 0.25) is 26.0 Å². The highest BCUT2D eigenvalue weighted by Crippen LogP contribution is 2.38. The molecule has 1 aliphatic rings. The number of H-pyrrole nitrogens is 1. The zero-order valence-corrected chi connectivity index (χ0v) is 18.6. The van der Waals surface area contributed by atoms with Gasteiger partial charge in [-0.2, -0.15) is 0 Å². The van der Waals surface area contributed by atoms with Crippen LogP contribution < -0.4 is 20.9 Å². The molecule has 7 N–H and O–H groups in total. The minimum atomic E-state index is -4.58. The molecule has 0 aliphatic carbocycles. The average Bonchev–Trinajstić information content (AvgIpc) is 3.46. The molecule has 4 rings (SSSR count). The number of rotatable bonds is 7. The van der Waals surface area contributed by atoms with Gasteiger partial charge in [-0.1, -0.05) is 18.2 Å². The van der Waals surface area contributed by atoms with Crippen LogP contribution in [0, 0.1) is 0 Å². The minimum Gasteiger partial charge on any atom is -0.366 e. The molecule has 15 heteroatoms. The number of nitrogens with two attached hydrogens (primary N) is 2. The molecule has 174 valence electrons. The molecular weight excluding hydrogens is 472 g/mol. The molecule has 33 heavy (non-hydrogen) atoms. The summed E-state index contributed by atoms with van der Waals surface area (Å²) < 4.78 is 54.3. The molecule has 3 aromatic rings. The largest absolute Gasteiger partial charge is 0.366 e. The third-order valence-corrected chi connectivity index (χ3v) is 7.83. The predicted octanol–water partition coefficient (Wildman–Crippen LogP) is -1.08. The van der Waals surface area contributed by atoms with E-state index in [0.717, 1.165) is 6.07 Å². The van der Waals surface area contributed by atoms with Crippen LogP contribution in [0.1, 0.15) is 16.8 Å². The Kier molecular flexibility index (Phi) is 5.98. The van der Waals surface area contributed by atoms with Crippen LogP contribution in [0.2, 0.25) is 0 Å². The Labute approximate surface area is 189 Å². The van der Waals surface area contributed by atoms with E-state index in [1.165, 1.54) is 30.3 Å². The second-order valence-corrected chi connectivity index (χ2v) is 10.5. The molecule has 0 radical (unpaired) electrons. The maximum atomic E-state index is 13.2. The number of tetrazole rings is 1. The number of amides is 1. The number of aromatic nitrogens is 4. The molecular formula is C18H20N8O5S2. The van der Waals surface area contributed by atoms with Crippen molar-refractivity contribution in [2.75, 3.05) is 13.1 Å². The van der Waals surface area contributed by atoms with E-state index < -0.39 is 41.8 Å². The van der Waals surface area contributed by atoms with Gasteiger partial charge in [-0.3, -0.25) is 4.79 Å². The van der Waals surface area contributed by atoms with E-state index in [1.54, 1.807) is 0 Å². The van der Waals surface area contributed by atoms with Gasteiger partial charge in [0.1, 0.15) is 9.79 Å². The Bertz CT molecular complexity index is 1400. The molecule has 1 saturated heterocycles. The number of hydrogen-bond acceptors (Lipinski definition) is 9. The number of nitrogens with zero attached hydrogens (tertiary/aromatic N) is 3.